The van der Waals surface area contributed by atoms with Crippen molar-refractivity contribution in [2.75, 3.05) is 24.7 Å². The van der Waals surface area contributed by atoms with E-state index in [0.29, 0.717) is 35.1 Å². The summed E-state index contributed by atoms with van der Waals surface area (Å²) < 4.78 is 19.8. The second-order valence-corrected chi connectivity index (χ2v) is 7.29. The maximum atomic E-state index is 13.9. The summed E-state index contributed by atoms with van der Waals surface area (Å²) in [7, 11) is 0. The van der Waals surface area contributed by atoms with Gasteiger partial charge in [-0.25, -0.2) is 19.3 Å². The Morgan fingerprint density at radius 2 is 2.12 bits per heavy atom. The Morgan fingerprint density at radius 3 is 2.85 bits per heavy atom. The van der Waals surface area contributed by atoms with Crippen LogP contribution >= 0.6 is 15.9 Å². The van der Waals surface area contributed by atoms with Gasteiger partial charge in [0.1, 0.15) is 11.6 Å². The normalized spacial score (nSPS) is 17.7. The van der Waals surface area contributed by atoms with Crippen molar-refractivity contribution in [3.8, 4) is 11.4 Å². The van der Waals surface area contributed by atoms with E-state index in [1.165, 1.54) is 6.07 Å². The highest BCUT2D eigenvalue weighted by molar-refractivity contribution is 9.10. The largest absolute Gasteiger partial charge is 0.377 e. The van der Waals surface area contributed by atoms with E-state index >= 15 is 0 Å². The molecule has 0 N–H and O–H groups in total. The predicted molar refractivity (Wildman–Crippen MR) is 103 cm³/mol. The van der Waals surface area contributed by atoms with Crippen LogP contribution in [0.5, 0.6) is 0 Å². The molecule has 0 amide bonds. The molecule has 1 atom stereocenters. The lowest BCUT2D eigenvalue weighted by Crippen LogP contribution is -2.44. The second kappa shape index (κ2) is 6.89. The zero-order chi connectivity index (χ0) is 18.3. The third-order valence-corrected chi connectivity index (χ3v) is 5.20. The van der Waals surface area contributed by atoms with Crippen molar-refractivity contribution in [2.24, 2.45) is 0 Å². The molecule has 0 saturated carbocycles. The molecule has 1 aliphatic heterocycles. The summed E-state index contributed by atoms with van der Waals surface area (Å²) in [5.74, 6) is 1.12. The number of benzene rings is 1. The summed E-state index contributed by atoms with van der Waals surface area (Å²) in [5.41, 5.74) is 2.19. The predicted octanol–water partition coefficient (Wildman–Crippen LogP) is 4.13. The topological polar surface area (TPSA) is 51.1 Å². The number of anilines is 1. The minimum absolute atomic E-state index is 0.294. The highest BCUT2D eigenvalue weighted by Crippen LogP contribution is 2.27. The number of aromatic nitrogens is 3. The number of hydrogen-bond acceptors (Lipinski definition) is 5. The molecule has 1 saturated heterocycles. The molecule has 0 radical (unpaired) electrons. The van der Waals surface area contributed by atoms with Crippen molar-refractivity contribution in [1.82, 2.24) is 15.0 Å². The Balaban J connectivity index is 1.70. The molecule has 1 aliphatic rings. The van der Waals surface area contributed by atoms with E-state index in [0.717, 1.165) is 29.0 Å². The molecule has 1 aromatic carbocycles. The quantitative estimate of drug-likeness (QED) is 0.628. The minimum Gasteiger partial charge on any atom is -0.377 e. The van der Waals surface area contributed by atoms with Crippen molar-refractivity contribution >= 4 is 32.7 Å². The molecule has 3 heterocycles. The Morgan fingerprint density at radius 1 is 1.27 bits per heavy atom. The monoisotopic (exact) mass is 416 g/mol. The zero-order valence-corrected chi connectivity index (χ0v) is 16.1. The minimum atomic E-state index is -0.337. The fraction of sp³-hybridized carbons (Fsp3) is 0.316. The molecular formula is C19H18BrFN4O. The SMILES string of the molecule is Cc1nc(-c2ccc(N3CCOC[C@@H]3C)nc2)nc2cc(F)c(Br)cc12. The maximum Gasteiger partial charge on any atom is 0.161 e. The van der Waals surface area contributed by atoms with Crippen molar-refractivity contribution in [1.29, 1.82) is 0 Å². The van der Waals surface area contributed by atoms with Gasteiger partial charge in [0.2, 0.25) is 0 Å². The molecule has 3 aromatic rings. The van der Waals surface area contributed by atoms with Crippen molar-refractivity contribution in [2.45, 2.75) is 19.9 Å². The fourth-order valence-electron chi connectivity index (χ4n) is 3.16. The third-order valence-electron chi connectivity index (χ3n) is 4.60. The van der Waals surface area contributed by atoms with Gasteiger partial charge in [-0.1, -0.05) is 0 Å². The van der Waals surface area contributed by atoms with Crippen molar-refractivity contribution in [3.63, 3.8) is 0 Å². The molecule has 4 rings (SSSR count). The van der Waals surface area contributed by atoms with Gasteiger partial charge in [0, 0.05) is 35.5 Å². The Hall–Kier alpha value is -2.12. The molecule has 5 nitrogen and oxygen atoms in total. The van der Waals surface area contributed by atoms with Crippen LogP contribution in [0, 0.1) is 12.7 Å². The fourth-order valence-corrected chi connectivity index (χ4v) is 3.50. The van der Waals surface area contributed by atoms with Gasteiger partial charge in [0.15, 0.2) is 5.82 Å². The molecule has 0 spiro atoms. The number of fused-ring (bicyclic) bond motifs is 1. The van der Waals surface area contributed by atoms with Gasteiger partial charge in [-0.05, 0) is 48.0 Å². The maximum absolute atomic E-state index is 13.9. The van der Waals surface area contributed by atoms with Gasteiger partial charge < -0.3 is 9.64 Å². The van der Waals surface area contributed by atoms with Crippen LogP contribution in [-0.2, 0) is 4.74 Å². The summed E-state index contributed by atoms with van der Waals surface area (Å²) in [4.78, 5) is 15.9. The first kappa shape index (κ1) is 17.3. The van der Waals surface area contributed by atoms with E-state index in [2.05, 4.69) is 42.7 Å². The van der Waals surface area contributed by atoms with Crippen LogP contribution < -0.4 is 4.90 Å². The summed E-state index contributed by atoms with van der Waals surface area (Å²) >= 11 is 3.21. The number of morpholine rings is 1. The Labute approximate surface area is 159 Å². The zero-order valence-electron chi connectivity index (χ0n) is 14.5. The Kier molecular flexibility index (Phi) is 4.58. The molecule has 7 heteroatoms. The molecule has 1 fully saturated rings. The molecule has 0 aliphatic carbocycles. The van der Waals surface area contributed by atoms with Crippen LogP contribution in [-0.4, -0.2) is 40.8 Å². The molecule has 26 heavy (non-hydrogen) atoms. The van der Waals surface area contributed by atoms with Gasteiger partial charge in [-0.3, -0.25) is 0 Å². The Bertz CT molecular complexity index is 964. The first-order valence-corrected chi connectivity index (χ1v) is 9.26. The average molecular weight is 417 g/mol. The van der Waals surface area contributed by atoms with Crippen molar-refractivity contribution < 1.29 is 9.13 Å². The lowest BCUT2D eigenvalue weighted by Gasteiger charge is -2.34. The van der Waals surface area contributed by atoms with E-state index in [1.54, 1.807) is 12.3 Å². The van der Waals surface area contributed by atoms with E-state index in [-0.39, 0.29) is 5.82 Å². The summed E-state index contributed by atoms with van der Waals surface area (Å²) in [6, 6.07) is 7.37. The third kappa shape index (κ3) is 3.17. The average Bonchev–Trinajstić information content (AvgIpc) is 2.64. The van der Waals surface area contributed by atoms with E-state index in [1.807, 2.05) is 19.1 Å². The molecule has 2 aromatic heterocycles. The summed E-state index contributed by atoms with van der Waals surface area (Å²) in [6.07, 6.45) is 1.77. The standard InChI is InChI=1S/C19H18BrFN4O/c1-11-10-26-6-5-25(11)18-4-3-13(9-22-18)19-23-12(2)14-7-15(20)16(21)8-17(14)24-19/h3-4,7-9,11H,5-6,10H2,1-2H3/t11-/m0/s1. The number of nitrogens with zero attached hydrogens (tertiary/aromatic N) is 4. The van der Waals surface area contributed by atoms with Crippen LogP contribution in [0.2, 0.25) is 0 Å². The lowest BCUT2D eigenvalue weighted by atomic mass is 10.1. The number of aryl methyl sites for hydroxylation is 1. The van der Waals surface area contributed by atoms with Crippen LogP contribution in [0.4, 0.5) is 10.2 Å². The highest BCUT2D eigenvalue weighted by atomic mass is 79.9. The second-order valence-electron chi connectivity index (χ2n) is 6.44. The number of halogens is 2. The first-order chi connectivity index (χ1) is 12.5. The van der Waals surface area contributed by atoms with Crippen LogP contribution in [0.3, 0.4) is 0 Å². The van der Waals surface area contributed by atoms with E-state index < -0.39 is 0 Å². The number of hydrogen-bond donors (Lipinski definition) is 0. The number of ether oxygens (including phenoxy) is 1. The van der Waals surface area contributed by atoms with E-state index in [4.69, 9.17) is 4.74 Å². The molecule has 0 unspecified atom stereocenters. The van der Waals surface area contributed by atoms with Gasteiger partial charge in [0.25, 0.3) is 0 Å². The lowest BCUT2D eigenvalue weighted by molar-refractivity contribution is 0.0985. The molecule has 0 bridgehead atoms. The smallest absolute Gasteiger partial charge is 0.161 e. The highest BCUT2D eigenvalue weighted by Gasteiger charge is 2.20. The summed E-state index contributed by atoms with van der Waals surface area (Å²) in [6.45, 7) is 6.26. The van der Waals surface area contributed by atoms with Gasteiger partial charge in [0.05, 0.1) is 29.2 Å². The number of rotatable bonds is 2. The van der Waals surface area contributed by atoms with Crippen LogP contribution in [0.15, 0.2) is 34.9 Å². The first-order valence-electron chi connectivity index (χ1n) is 8.47. The van der Waals surface area contributed by atoms with Gasteiger partial charge in [-0.2, -0.15) is 0 Å². The van der Waals surface area contributed by atoms with Crippen LogP contribution in [0.25, 0.3) is 22.3 Å². The van der Waals surface area contributed by atoms with Crippen LogP contribution in [0.1, 0.15) is 12.6 Å². The van der Waals surface area contributed by atoms with Gasteiger partial charge >= 0.3 is 0 Å². The summed E-state index contributed by atoms with van der Waals surface area (Å²) in [5, 5.41) is 0.828. The van der Waals surface area contributed by atoms with Crippen molar-refractivity contribution in [3.05, 3.63) is 46.4 Å². The molecular weight excluding hydrogens is 399 g/mol. The molecule has 134 valence electrons. The number of pyridine rings is 1. The van der Waals surface area contributed by atoms with Gasteiger partial charge in [-0.15, -0.1) is 0 Å². The van der Waals surface area contributed by atoms with E-state index in [9.17, 15) is 4.39 Å².